The summed E-state index contributed by atoms with van der Waals surface area (Å²) in [6, 6.07) is 1.95. The molecule has 4 N–H and O–H groups in total. The number of halogens is 1. The summed E-state index contributed by atoms with van der Waals surface area (Å²) < 4.78 is 53.8. The van der Waals surface area contributed by atoms with E-state index in [0.29, 0.717) is 17.0 Å². The quantitative estimate of drug-likeness (QED) is 0.201. The summed E-state index contributed by atoms with van der Waals surface area (Å²) in [5, 5.41) is 9.00. The van der Waals surface area contributed by atoms with Gasteiger partial charge in [0.1, 0.15) is 36.0 Å². The van der Waals surface area contributed by atoms with E-state index in [9.17, 15) is 9.69 Å². The number of fused-ring (bicyclic) bond motifs is 6. The molecule has 2 bridgehead atoms. The summed E-state index contributed by atoms with van der Waals surface area (Å²) in [6.07, 6.45) is -3.61. The largest absolute Gasteiger partial charge is 0.369 e. The van der Waals surface area contributed by atoms with Crippen LogP contribution in [0, 0.1) is 18.3 Å². The molecule has 2 aliphatic rings. The van der Waals surface area contributed by atoms with Crippen LogP contribution in [0.15, 0.2) is 17.3 Å². The lowest BCUT2D eigenvalue weighted by Crippen LogP contribution is -2.32. The molecule has 45 heavy (non-hydrogen) atoms. The number of rotatable bonds is 4. The lowest BCUT2D eigenvalue weighted by atomic mass is 10.1. The zero-order chi connectivity index (χ0) is 31.9. The van der Waals surface area contributed by atoms with Crippen molar-refractivity contribution in [1.82, 2.24) is 39.0 Å². The average Bonchev–Trinajstić information content (AvgIpc) is 3.64. The van der Waals surface area contributed by atoms with E-state index in [4.69, 9.17) is 62.0 Å². The summed E-state index contributed by atoms with van der Waals surface area (Å²) in [6.45, 7) is -6.90. The minimum atomic E-state index is -4.19. The summed E-state index contributed by atoms with van der Waals surface area (Å²) in [5.74, 6) is 0.540. The summed E-state index contributed by atoms with van der Waals surface area (Å²) in [7, 11) is 0. The molecule has 0 aliphatic carbocycles. The van der Waals surface area contributed by atoms with Crippen molar-refractivity contribution in [1.29, 1.82) is 5.26 Å². The maximum Gasteiger partial charge on any atom is 0.327 e. The molecule has 1 fully saturated rings. The Kier molecular flexibility index (Phi) is 9.08. The molecule has 23 heteroatoms. The lowest BCUT2D eigenvalue weighted by Gasteiger charge is -2.25. The Morgan fingerprint density at radius 2 is 2.09 bits per heavy atom. The fourth-order valence-corrected chi connectivity index (χ4v) is 7.86. The van der Waals surface area contributed by atoms with Crippen molar-refractivity contribution >= 4 is 65.3 Å². The monoisotopic (exact) mass is 702 g/mol. The van der Waals surface area contributed by atoms with E-state index in [-0.39, 0.29) is 55.7 Å². The first-order chi connectivity index (χ1) is 21.5. The summed E-state index contributed by atoms with van der Waals surface area (Å²) in [4.78, 5) is 47.1. The number of nitrogens with one attached hydrogen (secondary N) is 1. The van der Waals surface area contributed by atoms with E-state index in [1.54, 1.807) is 11.5 Å². The van der Waals surface area contributed by atoms with Gasteiger partial charge < -0.3 is 38.0 Å². The number of ether oxygens (including phenoxy) is 1. The van der Waals surface area contributed by atoms with Gasteiger partial charge >= 0.3 is 13.4 Å². The average molecular weight is 703 g/mol. The van der Waals surface area contributed by atoms with Crippen molar-refractivity contribution < 1.29 is 36.6 Å². The maximum atomic E-state index is 16.2. The standard InChI is InChI=1S/C22H25FN10O8P2S2/c1-11-26-7-12-18(28-11)32-4-6-37-43(45,36-5-2-3-24)39-8-13-15(23)17(41-42(35,44)38-9-14(32)29-12)21(40-13)33-10-27-16-19(33)30-22(25)31-20(16)34/h7,10,13,15,17,21H,2,4-6,8-9H2,1H3,(H,35,44)(H3,25,30,31,34)/t13-,15-,17-,21-,42?,43?/m1/s1. The molecule has 240 valence electrons. The molecule has 4 aromatic rings. The molecule has 0 spiro atoms. The Balaban J connectivity index is 1.39. The highest BCUT2D eigenvalue weighted by molar-refractivity contribution is 8.07. The van der Waals surface area contributed by atoms with Crippen molar-refractivity contribution in [3.05, 3.63) is 34.5 Å². The fraction of sp³-hybridized carbons (Fsp3) is 0.500. The molecule has 6 rings (SSSR count). The van der Waals surface area contributed by atoms with Crippen LogP contribution in [0.4, 0.5) is 10.3 Å². The van der Waals surface area contributed by atoms with E-state index in [1.807, 2.05) is 6.07 Å². The van der Waals surface area contributed by atoms with Crippen molar-refractivity contribution in [2.24, 2.45) is 0 Å². The zero-order valence-corrected chi connectivity index (χ0v) is 26.7. The molecule has 1 saturated heterocycles. The van der Waals surface area contributed by atoms with Crippen molar-refractivity contribution in [2.75, 3.05) is 25.6 Å². The van der Waals surface area contributed by atoms with E-state index < -0.39 is 50.2 Å². The number of aromatic amines is 1. The lowest BCUT2D eigenvalue weighted by molar-refractivity contribution is -0.0472. The Bertz CT molecular complexity index is 1950. The van der Waals surface area contributed by atoms with Crippen LogP contribution in [0.5, 0.6) is 0 Å². The number of H-pyrrole nitrogens is 1. The number of aryl methyl sites for hydroxylation is 1. The third-order valence-electron chi connectivity index (χ3n) is 6.71. The van der Waals surface area contributed by atoms with Crippen molar-refractivity contribution in [3.63, 3.8) is 0 Å². The minimum Gasteiger partial charge on any atom is -0.369 e. The van der Waals surface area contributed by atoms with Crippen LogP contribution in [0.2, 0.25) is 0 Å². The molecule has 0 saturated carbocycles. The molecule has 0 radical (unpaired) electrons. The fourth-order valence-electron chi connectivity index (χ4n) is 4.74. The number of nitrogens with zero attached hydrogens (tertiary/aromatic N) is 8. The van der Waals surface area contributed by atoms with Crippen LogP contribution in [0.3, 0.4) is 0 Å². The third-order valence-corrected chi connectivity index (χ3v) is 10.7. The van der Waals surface area contributed by atoms with Crippen molar-refractivity contribution in [3.8, 4) is 6.07 Å². The number of imidazole rings is 2. The van der Waals surface area contributed by atoms with E-state index in [2.05, 4.69) is 29.9 Å². The molecule has 0 amide bonds. The van der Waals surface area contributed by atoms with Crippen LogP contribution in [0.1, 0.15) is 24.3 Å². The van der Waals surface area contributed by atoms with Gasteiger partial charge in [0.2, 0.25) is 5.95 Å². The van der Waals surface area contributed by atoms with Crippen LogP contribution < -0.4 is 11.3 Å². The molecule has 6 heterocycles. The number of aromatic nitrogens is 8. The molecule has 18 nitrogen and oxygen atoms in total. The zero-order valence-electron chi connectivity index (χ0n) is 23.3. The first kappa shape index (κ1) is 32.1. The van der Waals surface area contributed by atoms with Crippen molar-refractivity contribution in [2.45, 2.75) is 51.1 Å². The SMILES string of the molecule is Cc1ncc2nc3n(c2n1)CCOP(=S)(OCCC#N)OC[C@H]1O[C@@H](n2cnc4c(=O)[nH]c(N)nc42)[C@H](OP(O)(=S)OC3)[C@@H]1F. The van der Waals surface area contributed by atoms with Gasteiger partial charge in [0.25, 0.3) is 5.56 Å². The van der Waals surface area contributed by atoms with E-state index in [1.165, 1.54) is 17.1 Å². The molecular weight excluding hydrogens is 677 g/mol. The van der Waals surface area contributed by atoms with Gasteiger partial charge in [-0.15, -0.1) is 0 Å². The van der Waals surface area contributed by atoms with Gasteiger partial charge in [-0.3, -0.25) is 18.9 Å². The highest BCUT2D eigenvalue weighted by Gasteiger charge is 2.50. The highest BCUT2D eigenvalue weighted by Crippen LogP contribution is 2.53. The Labute approximate surface area is 263 Å². The Morgan fingerprint density at radius 1 is 1.27 bits per heavy atom. The topological polar surface area (TPSA) is 233 Å². The van der Waals surface area contributed by atoms with Crippen LogP contribution in [-0.4, -0.2) is 82.1 Å². The number of nitrogen functional groups attached to an aromatic ring is 1. The second kappa shape index (κ2) is 12.7. The van der Waals surface area contributed by atoms with Gasteiger partial charge in [-0.25, -0.2) is 24.3 Å². The van der Waals surface area contributed by atoms with Gasteiger partial charge in [0, 0.05) is 6.54 Å². The number of anilines is 1. The van der Waals surface area contributed by atoms with E-state index >= 15 is 4.39 Å². The maximum absolute atomic E-state index is 16.2. The number of nitriles is 1. The predicted octanol–water partition coefficient (Wildman–Crippen LogP) is 1.41. The smallest absolute Gasteiger partial charge is 0.327 e. The normalized spacial score (nSPS) is 29.6. The molecule has 0 aromatic carbocycles. The van der Waals surface area contributed by atoms with Crippen LogP contribution in [-0.2, 0) is 64.1 Å². The first-order valence-electron chi connectivity index (χ1n) is 13.2. The molecule has 2 aliphatic heterocycles. The highest BCUT2D eigenvalue weighted by atomic mass is 32.5. The third kappa shape index (κ3) is 6.68. The number of hydrogen-bond acceptors (Lipinski definition) is 16. The van der Waals surface area contributed by atoms with Gasteiger partial charge in [-0.05, 0) is 30.5 Å². The minimum absolute atomic E-state index is 0.00267. The Hall–Kier alpha value is -2.86. The molecule has 6 atom stereocenters. The second-order valence-corrected chi connectivity index (χ2v) is 15.5. The molecule has 4 aromatic heterocycles. The number of nitrogens with two attached hydrogens (primary N) is 1. The van der Waals surface area contributed by atoms with Gasteiger partial charge in [-0.1, -0.05) is 0 Å². The second-order valence-electron chi connectivity index (χ2n) is 9.72. The van der Waals surface area contributed by atoms with E-state index in [0.717, 1.165) is 0 Å². The van der Waals surface area contributed by atoms with Crippen LogP contribution >= 0.6 is 13.4 Å². The first-order valence-corrected chi connectivity index (χ1v) is 18.4. The molecular formula is C22H25FN10O8P2S2. The number of hydrogen-bond donors (Lipinski definition) is 3. The van der Waals surface area contributed by atoms with Gasteiger partial charge in [0.05, 0.1) is 44.8 Å². The van der Waals surface area contributed by atoms with Gasteiger partial charge in [0.15, 0.2) is 29.2 Å². The summed E-state index contributed by atoms with van der Waals surface area (Å²) in [5.41, 5.74) is 5.84. The summed E-state index contributed by atoms with van der Waals surface area (Å²) >= 11 is 10.9. The van der Waals surface area contributed by atoms with Gasteiger partial charge in [-0.2, -0.15) is 10.2 Å². The Morgan fingerprint density at radius 3 is 2.89 bits per heavy atom. The number of alkyl halides is 1. The predicted molar refractivity (Wildman–Crippen MR) is 160 cm³/mol. The van der Waals surface area contributed by atoms with Crippen LogP contribution in [0.25, 0.3) is 22.3 Å². The molecule has 2 unspecified atom stereocenters.